The summed E-state index contributed by atoms with van der Waals surface area (Å²) in [7, 11) is 2.48. The maximum atomic E-state index is 12.2. The first-order chi connectivity index (χ1) is 14.7. The van der Waals surface area contributed by atoms with E-state index in [0.717, 1.165) is 25.7 Å². The van der Waals surface area contributed by atoms with Gasteiger partial charge in [-0.3, -0.25) is 0 Å². The number of halogens is 1. The molecule has 0 spiro atoms. The van der Waals surface area contributed by atoms with E-state index in [1.807, 2.05) is 17.3 Å². The van der Waals surface area contributed by atoms with Crippen molar-refractivity contribution in [2.45, 2.75) is 69.4 Å². The number of nitrogens with zero attached hydrogens (tertiary/aromatic N) is 1. The van der Waals surface area contributed by atoms with E-state index in [-0.39, 0.29) is 17.0 Å². The fourth-order valence-corrected chi connectivity index (χ4v) is 4.43. The van der Waals surface area contributed by atoms with Gasteiger partial charge in [0.1, 0.15) is 15.8 Å². The standard InChI is InChI=1S/C13H19N2O3S.C10H14.ClH.Ru/c1-18-10-6-8-11(9-7-10)19(16,17)15-13-5-3-2-4-12(13)14;1-8(2)10-6-4-9(3)5-7-10;;/h6-9,12-13H,2-5,14H2,1H3;4-8H,1-3H3;1H;/q-1;;;+2/p-1/t12-,13-;;;/m0.../s1. The summed E-state index contributed by atoms with van der Waals surface area (Å²) in [4.78, 5) is 0.186. The summed E-state index contributed by atoms with van der Waals surface area (Å²) in [6.07, 6.45) is 3.62. The van der Waals surface area contributed by atoms with Gasteiger partial charge >= 0.3 is 27.0 Å². The zero-order valence-corrected chi connectivity index (χ0v) is 21.9. The molecule has 0 bridgehead atoms. The molecule has 1 saturated carbocycles. The van der Waals surface area contributed by atoms with Crippen LogP contribution in [0.1, 0.15) is 56.6 Å². The summed E-state index contributed by atoms with van der Waals surface area (Å²) in [6, 6.07) is 14.5. The van der Waals surface area contributed by atoms with E-state index in [1.165, 1.54) is 30.4 Å². The van der Waals surface area contributed by atoms with E-state index in [1.54, 1.807) is 12.1 Å². The normalized spacial score (nSPS) is 18.3. The third-order valence-electron chi connectivity index (χ3n) is 5.16. The molecule has 174 valence electrons. The van der Waals surface area contributed by atoms with Crippen molar-refractivity contribution in [2.75, 3.05) is 7.11 Å². The van der Waals surface area contributed by atoms with Gasteiger partial charge in [-0.05, 0) is 55.1 Å². The van der Waals surface area contributed by atoms with Crippen LogP contribution in [0.3, 0.4) is 0 Å². The second-order valence-corrected chi connectivity index (χ2v) is 9.47. The van der Waals surface area contributed by atoms with Crippen LogP contribution < -0.4 is 10.5 Å². The number of benzene rings is 2. The molecule has 8 heteroatoms. The molecule has 31 heavy (non-hydrogen) atoms. The zero-order valence-electron chi connectivity index (χ0n) is 18.6. The minimum atomic E-state index is -3.63. The Morgan fingerprint density at radius 2 is 1.58 bits per heavy atom. The van der Waals surface area contributed by atoms with Crippen molar-refractivity contribution in [3.63, 3.8) is 0 Å². The number of aryl methyl sites for hydroxylation is 1. The molecule has 0 unspecified atom stereocenters. The van der Waals surface area contributed by atoms with Gasteiger partial charge < -0.3 is 15.2 Å². The Bertz CT molecular complexity index is 859. The molecular formula is C23H33ClN2O3RuS. The van der Waals surface area contributed by atoms with Gasteiger partial charge in [0, 0.05) is 4.90 Å². The summed E-state index contributed by atoms with van der Waals surface area (Å²) in [5.41, 5.74) is 8.69. The van der Waals surface area contributed by atoms with Gasteiger partial charge in [0.25, 0.3) is 0 Å². The predicted octanol–water partition coefficient (Wildman–Crippen LogP) is 5.83. The molecule has 2 aromatic carbocycles. The van der Waals surface area contributed by atoms with Gasteiger partial charge in [-0.2, -0.15) is 0 Å². The van der Waals surface area contributed by atoms with Crippen molar-refractivity contribution in [3.8, 4) is 5.75 Å². The SMILES string of the molecule is COc1ccc(S(=O)(=O)[N-][C@H]2CCCC[C@@H]2N)cc1.Cc1ccc(C(C)C)cc1.[Cl][Ru+]. The Morgan fingerprint density at radius 3 is 2.06 bits per heavy atom. The van der Waals surface area contributed by atoms with E-state index >= 15 is 0 Å². The van der Waals surface area contributed by atoms with Crippen molar-refractivity contribution in [3.05, 3.63) is 64.4 Å². The Balaban J connectivity index is 0.000000337. The molecule has 1 fully saturated rings. The molecule has 0 radical (unpaired) electrons. The molecule has 2 N–H and O–H groups in total. The summed E-state index contributed by atoms with van der Waals surface area (Å²) in [5.74, 6) is 1.27. The molecular weight excluding hydrogens is 521 g/mol. The summed E-state index contributed by atoms with van der Waals surface area (Å²) in [5, 5.41) is 0. The van der Waals surface area contributed by atoms with Crippen LogP contribution in [0.25, 0.3) is 4.72 Å². The van der Waals surface area contributed by atoms with Crippen LogP contribution in [-0.4, -0.2) is 27.6 Å². The number of methoxy groups -OCH3 is 1. The van der Waals surface area contributed by atoms with Gasteiger partial charge in [-0.15, -0.1) is 6.04 Å². The van der Waals surface area contributed by atoms with E-state index in [0.29, 0.717) is 11.7 Å². The zero-order chi connectivity index (χ0) is 23.4. The van der Waals surface area contributed by atoms with Gasteiger partial charge in [0.15, 0.2) is 0 Å². The van der Waals surface area contributed by atoms with Crippen LogP contribution in [0.15, 0.2) is 53.4 Å². The predicted molar refractivity (Wildman–Crippen MR) is 125 cm³/mol. The molecule has 5 nitrogen and oxygen atoms in total. The van der Waals surface area contributed by atoms with Crippen LogP contribution >= 0.6 is 9.69 Å². The molecule has 2 aromatic rings. The topological polar surface area (TPSA) is 83.5 Å². The fraction of sp³-hybridized carbons (Fsp3) is 0.478. The van der Waals surface area contributed by atoms with Crippen LogP contribution in [0.2, 0.25) is 0 Å². The van der Waals surface area contributed by atoms with E-state index in [2.05, 4.69) is 59.4 Å². The van der Waals surface area contributed by atoms with Crippen LogP contribution in [0, 0.1) is 6.92 Å². The third kappa shape index (κ3) is 9.59. The van der Waals surface area contributed by atoms with Gasteiger partial charge in [0.2, 0.25) is 0 Å². The fourth-order valence-electron chi connectivity index (χ4n) is 3.21. The average Bonchev–Trinajstić information content (AvgIpc) is 2.77. The molecule has 0 aromatic heterocycles. The summed E-state index contributed by atoms with van der Waals surface area (Å²) >= 11 is 1.82. The Kier molecular flexibility index (Phi) is 12.9. The van der Waals surface area contributed by atoms with Crippen LogP contribution in [0.4, 0.5) is 0 Å². The Morgan fingerprint density at radius 1 is 1.03 bits per heavy atom. The summed E-state index contributed by atoms with van der Waals surface area (Å²) < 4.78 is 33.3. The monoisotopic (exact) mass is 554 g/mol. The van der Waals surface area contributed by atoms with Crippen molar-refractivity contribution in [1.82, 2.24) is 0 Å². The first kappa shape index (κ1) is 28.1. The van der Waals surface area contributed by atoms with E-state index in [4.69, 9.17) is 10.5 Å². The van der Waals surface area contributed by atoms with Crippen LogP contribution in [-0.2, 0) is 27.3 Å². The van der Waals surface area contributed by atoms with E-state index < -0.39 is 10.0 Å². The molecule has 0 aliphatic heterocycles. The minimum absolute atomic E-state index is 0.151. The first-order valence-corrected chi connectivity index (χ1v) is 14.0. The second-order valence-electron chi connectivity index (χ2n) is 7.84. The van der Waals surface area contributed by atoms with Crippen molar-refractivity contribution in [2.24, 2.45) is 5.73 Å². The number of hydrogen-bond donors (Lipinski definition) is 1. The molecule has 0 amide bonds. The third-order valence-corrected chi connectivity index (χ3v) is 6.57. The molecule has 0 heterocycles. The number of nitrogens with two attached hydrogens (primary N) is 1. The number of sulfonamides is 1. The molecule has 3 rings (SSSR count). The first-order valence-electron chi connectivity index (χ1n) is 10.3. The molecule has 1 aliphatic carbocycles. The van der Waals surface area contributed by atoms with E-state index in [9.17, 15) is 8.42 Å². The van der Waals surface area contributed by atoms with Gasteiger partial charge in [-0.25, -0.2) is 8.42 Å². The molecule has 2 atom stereocenters. The number of hydrogen-bond acceptors (Lipinski definition) is 4. The Labute approximate surface area is 201 Å². The van der Waals surface area contributed by atoms with Gasteiger partial charge in [-0.1, -0.05) is 62.9 Å². The number of ether oxygens (including phenoxy) is 1. The van der Waals surface area contributed by atoms with Crippen LogP contribution in [0.5, 0.6) is 5.75 Å². The molecule has 0 saturated heterocycles. The number of rotatable bonds is 5. The van der Waals surface area contributed by atoms with Gasteiger partial charge in [0.05, 0.1) is 7.11 Å². The summed E-state index contributed by atoms with van der Waals surface area (Å²) in [6.45, 7) is 6.54. The quantitative estimate of drug-likeness (QED) is 0.472. The molecule has 1 aliphatic rings. The van der Waals surface area contributed by atoms with Crippen molar-refractivity contribution < 1.29 is 30.5 Å². The van der Waals surface area contributed by atoms with Crippen molar-refractivity contribution >= 4 is 19.7 Å². The average molecular weight is 554 g/mol. The Hall–Kier alpha value is -0.977. The maximum absolute atomic E-state index is 12.2. The van der Waals surface area contributed by atoms with Crippen molar-refractivity contribution in [1.29, 1.82) is 0 Å². The second kappa shape index (κ2) is 14.2.